The largest absolute Gasteiger partial charge is 0.481 e. The molecule has 0 amide bonds. The van der Waals surface area contributed by atoms with Gasteiger partial charge in [-0.2, -0.15) is 0 Å². The van der Waals surface area contributed by atoms with Gasteiger partial charge in [-0.25, -0.2) is 4.39 Å². The number of halogens is 1. The van der Waals surface area contributed by atoms with Crippen molar-refractivity contribution in [2.75, 3.05) is 0 Å². The van der Waals surface area contributed by atoms with Crippen LogP contribution in [-0.2, 0) is 11.2 Å². The molecule has 1 N–H and O–H groups in total. The van der Waals surface area contributed by atoms with Gasteiger partial charge in [0.25, 0.3) is 0 Å². The first-order valence-electron chi connectivity index (χ1n) is 7.03. The zero-order valence-electron chi connectivity index (χ0n) is 11.4. The topological polar surface area (TPSA) is 37.3 Å². The third-order valence-electron chi connectivity index (χ3n) is 4.43. The minimum absolute atomic E-state index is 0.275. The van der Waals surface area contributed by atoms with Crippen LogP contribution >= 0.6 is 0 Å². The smallest absolute Gasteiger partial charge is 0.309 e. The molecule has 0 heterocycles. The van der Waals surface area contributed by atoms with Gasteiger partial charge in [0.15, 0.2) is 0 Å². The summed E-state index contributed by atoms with van der Waals surface area (Å²) in [5, 5.41) is 9.64. The molecule has 0 bridgehead atoms. The Morgan fingerprint density at radius 2 is 2.11 bits per heavy atom. The lowest BCUT2D eigenvalue weighted by Crippen LogP contribution is -2.38. The van der Waals surface area contributed by atoms with E-state index in [4.69, 9.17) is 0 Å². The van der Waals surface area contributed by atoms with Crippen molar-refractivity contribution in [1.82, 2.24) is 0 Å². The van der Waals surface area contributed by atoms with Crippen molar-refractivity contribution >= 4 is 5.97 Å². The molecule has 104 valence electrons. The molecule has 0 aliphatic heterocycles. The van der Waals surface area contributed by atoms with E-state index in [-0.39, 0.29) is 5.82 Å². The minimum atomic E-state index is -0.699. The zero-order chi connectivity index (χ0) is 13.9. The van der Waals surface area contributed by atoms with E-state index < -0.39 is 11.4 Å². The van der Waals surface area contributed by atoms with Gasteiger partial charge in [0.1, 0.15) is 5.82 Å². The first-order valence-corrected chi connectivity index (χ1v) is 7.03. The van der Waals surface area contributed by atoms with Gasteiger partial charge in [0.2, 0.25) is 0 Å². The second kappa shape index (κ2) is 5.72. The molecule has 0 aromatic heterocycles. The predicted molar refractivity (Wildman–Crippen MR) is 72.4 cm³/mol. The van der Waals surface area contributed by atoms with Crippen molar-refractivity contribution in [3.63, 3.8) is 0 Å². The summed E-state index contributed by atoms with van der Waals surface area (Å²) >= 11 is 0. The standard InChI is InChI=1S/C16H21FO2/c1-2-12-4-3-9-16(10-12,15(18)19)11-13-5-7-14(17)8-6-13/h5-8,12H,2-4,9-11H2,1H3,(H,18,19). The van der Waals surface area contributed by atoms with Crippen LogP contribution in [0.3, 0.4) is 0 Å². The molecule has 0 spiro atoms. The molecular weight excluding hydrogens is 243 g/mol. The van der Waals surface area contributed by atoms with Crippen molar-refractivity contribution in [2.45, 2.75) is 45.4 Å². The van der Waals surface area contributed by atoms with E-state index in [0.717, 1.165) is 37.7 Å². The molecule has 1 saturated carbocycles. The Balaban J connectivity index is 2.19. The van der Waals surface area contributed by atoms with Crippen LogP contribution in [0.25, 0.3) is 0 Å². The zero-order valence-corrected chi connectivity index (χ0v) is 11.4. The summed E-state index contributed by atoms with van der Waals surface area (Å²) in [6.45, 7) is 2.13. The molecule has 1 aromatic rings. The van der Waals surface area contributed by atoms with Crippen molar-refractivity contribution in [2.24, 2.45) is 11.3 Å². The van der Waals surface area contributed by atoms with Crippen LogP contribution in [0, 0.1) is 17.2 Å². The summed E-state index contributed by atoms with van der Waals surface area (Å²) in [6, 6.07) is 6.22. The average molecular weight is 264 g/mol. The molecule has 2 unspecified atom stereocenters. The van der Waals surface area contributed by atoms with Crippen LogP contribution in [0.5, 0.6) is 0 Å². The Bertz CT molecular complexity index is 441. The van der Waals surface area contributed by atoms with Crippen molar-refractivity contribution in [3.05, 3.63) is 35.6 Å². The highest BCUT2D eigenvalue weighted by atomic mass is 19.1. The second-order valence-electron chi connectivity index (χ2n) is 5.76. The van der Waals surface area contributed by atoms with Gasteiger partial charge in [0.05, 0.1) is 5.41 Å². The fraction of sp³-hybridized carbons (Fsp3) is 0.562. The van der Waals surface area contributed by atoms with Gasteiger partial charge in [-0.15, -0.1) is 0 Å². The molecule has 2 atom stereocenters. The van der Waals surface area contributed by atoms with Crippen LogP contribution < -0.4 is 0 Å². The molecule has 1 fully saturated rings. The number of carboxylic acid groups (broad SMARTS) is 1. The van der Waals surface area contributed by atoms with Gasteiger partial charge in [-0.1, -0.05) is 38.3 Å². The molecule has 3 heteroatoms. The number of carbonyl (C=O) groups is 1. The molecule has 19 heavy (non-hydrogen) atoms. The van der Waals surface area contributed by atoms with Crippen molar-refractivity contribution in [3.8, 4) is 0 Å². The number of hydrogen-bond acceptors (Lipinski definition) is 1. The summed E-state index contributed by atoms with van der Waals surface area (Å²) in [7, 11) is 0. The fourth-order valence-corrected chi connectivity index (χ4v) is 3.26. The molecule has 1 aliphatic rings. The van der Waals surface area contributed by atoms with Crippen LogP contribution in [-0.4, -0.2) is 11.1 Å². The third kappa shape index (κ3) is 3.14. The highest BCUT2D eigenvalue weighted by Crippen LogP contribution is 2.43. The van der Waals surface area contributed by atoms with E-state index in [2.05, 4.69) is 6.92 Å². The van der Waals surface area contributed by atoms with Gasteiger partial charge in [-0.05, 0) is 42.9 Å². The number of benzene rings is 1. The lowest BCUT2D eigenvalue weighted by molar-refractivity contribution is -0.152. The molecule has 0 radical (unpaired) electrons. The minimum Gasteiger partial charge on any atom is -0.481 e. The summed E-state index contributed by atoms with van der Waals surface area (Å²) in [5.74, 6) is -0.469. The van der Waals surface area contributed by atoms with Gasteiger partial charge in [0, 0.05) is 0 Å². The molecule has 0 saturated heterocycles. The van der Waals surface area contributed by atoms with Crippen molar-refractivity contribution < 1.29 is 14.3 Å². The third-order valence-corrected chi connectivity index (χ3v) is 4.43. The summed E-state index contributed by atoms with van der Waals surface area (Å²) in [5.41, 5.74) is 0.261. The lowest BCUT2D eigenvalue weighted by atomic mass is 9.66. The van der Waals surface area contributed by atoms with Crippen LogP contribution in [0.4, 0.5) is 4.39 Å². The Labute approximate surface area is 113 Å². The normalized spacial score (nSPS) is 27.2. The molecule has 2 nitrogen and oxygen atoms in total. The van der Waals surface area contributed by atoms with Crippen molar-refractivity contribution in [1.29, 1.82) is 0 Å². The number of hydrogen-bond donors (Lipinski definition) is 1. The summed E-state index contributed by atoms with van der Waals surface area (Å²) in [4.78, 5) is 11.7. The summed E-state index contributed by atoms with van der Waals surface area (Å²) < 4.78 is 12.9. The predicted octanol–water partition coefficient (Wildman–Crippen LogP) is 4.04. The number of carboxylic acids is 1. The Hall–Kier alpha value is -1.38. The lowest BCUT2D eigenvalue weighted by Gasteiger charge is -2.37. The quantitative estimate of drug-likeness (QED) is 0.891. The number of rotatable bonds is 4. The van der Waals surface area contributed by atoms with E-state index in [1.165, 1.54) is 12.1 Å². The van der Waals surface area contributed by atoms with Crippen LogP contribution in [0.2, 0.25) is 0 Å². The highest BCUT2D eigenvalue weighted by Gasteiger charge is 2.42. The molecular formula is C16H21FO2. The second-order valence-corrected chi connectivity index (χ2v) is 5.76. The Morgan fingerprint density at radius 1 is 1.42 bits per heavy atom. The van der Waals surface area contributed by atoms with E-state index in [9.17, 15) is 14.3 Å². The SMILES string of the molecule is CCC1CCCC(Cc2ccc(F)cc2)(C(=O)O)C1. The van der Waals surface area contributed by atoms with E-state index >= 15 is 0 Å². The maximum atomic E-state index is 12.9. The van der Waals surface area contributed by atoms with Crippen LogP contribution in [0.15, 0.2) is 24.3 Å². The Kier molecular flexibility index (Phi) is 4.23. The monoisotopic (exact) mass is 264 g/mol. The highest BCUT2D eigenvalue weighted by molar-refractivity contribution is 5.75. The Morgan fingerprint density at radius 3 is 2.68 bits per heavy atom. The van der Waals surface area contributed by atoms with Gasteiger partial charge < -0.3 is 5.11 Å². The average Bonchev–Trinajstić information content (AvgIpc) is 2.41. The van der Waals surface area contributed by atoms with Crippen LogP contribution in [0.1, 0.15) is 44.6 Å². The molecule has 1 aliphatic carbocycles. The first-order chi connectivity index (χ1) is 9.05. The molecule has 1 aromatic carbocycles. The van der Waals surface area contributed by atoms with Gasteiger partial charge >= 0.3 is 5.97 Å². The van der Waals surface area contributed by atoms with E-state index in [1.54, 1.807) is 12.1 Å². The maximum Gasteiger partial charge on any atom is 0.309 e. The van der Waals surface area contributed by atoms with Gasteiger partial charge in [-0.3, -0.25) is 4.79 Å². The number of aliphatic carboxylic acids is 1. The van der Waals surface area contributed by atoms with E-state index in [1.807, 2.05) is 0 Å². The maximum absolute atomic E-state index is 12.9. The molecule has 2 rings (SSSR count). The fourth-order valence-electron chi connectivity index (χ4n) is 3.26. The first kappa shape index (κ1) is 14.0. The van der Waals surface area contributed by atoms with E-state index in [0.29, 0.717) is 12.3 Å². The summed E-state index contributed by atoms with van der Waals surface area (Å²) in [6.07, 6.45) is 5.14.